The van der Waals surface area contributed by atoms with E-state index in [0.29, 0.717) is 25.7 Å². The number of carbonyl (C=O) groups excluding carboxylic acids is 2. The van der Waals surface area contributed by atoms with E-state index in [9.17, 15) is 44.3 Å². The number of hydrogen-bond acceptors (Lipinski definition) is 6. The second-order valence-electron chi connectivity index (χ2n) is 9.01. The van der Waals surface area contributed by atoms with Gasteiger partial charge in [-0.2, -0.15) is 34.8 Å². The van der Waals surface area contributed by atoms with E-state index in [1.165, 1.54) is 6.07 Å². The fourth-order valence-corrected chi connectivity index (χ4v) is 5.81. The zero-order chi connectivity index (χ0) is 28.1. The molecule has 2 aliphatic rings. The highest BCUT2D eigenvalue weighted by atomic mass is 32.2. The second-order valence-corrected chi connectivity index (χ2v) is 10.5. The quantitative estimate of drug-likeness (QED) is 0.221. The van der Waals surface area contributed by atoms with Gasteiger partial charge in [-0.3, -0.25) is 4.79 Å². The topological polar surface area (TPSA) is 98.8 Å². The number of fused-ring (bicyclic) bond motifs is 1. The van der Waals surface area contributed by atoms with Crippen LogP contribution >= 0.6 is 0 Å². The molecule has 4 rings (SSSR count). The Balaban J connectivity index is 1.98. The van der Waals surface area contributed by atoms with Crippen LogP contribution in [-0.4, -0.2) is 32.9 Å². The van der Waals surface area contributed by atoms with Crippen LogP contribution in [0.15, 0.2) is 36.4 Å². The molecule has 1 unspecified atom stereocenters. The lowest BCUT2D eigenvalue weighted by Crippen LogP contribution is -2.44. The lowest BCUT2D eigenvalue weighted by Gasteiger charge is -2.39. The smallest absolute Gasteiger partial charge is 0.465 e. The van der Waals surface area contributed by atoms with Crippen LogP contribution in [-0.2, 0) is 31.2 Å². The van der Waals surface area contributed by atoms with Gasteiger partial charge in [-0.05, 0) is 48.1 Å². The Morgan fingerprint density at radius 2 is 1.68 bits per heavy atom. The van der Waals surface area contributed by atoms with Gasteiger partial charge in [-0.1, -0.05) is 37.5 Å². The molecule has 14 heteroatoms. The molecule has 0 bridgehead atoms. The summed E-state index contributed by atoms with van der Waals surface area (Å²) in [4.78, 5) is 26.2. The van der Waals surface area contributed by atoms with E-state index in [1.54, 1.807) is 0 Å². The standard InChI is InChI=1S/C24H21F6NO6S/c1-36-20(32)15-12-14(10-11-18(15)37-38(34,35)24(28,29)30)22(13-6-3-2-4-7-13)16-8-5-9-17(23(25,26)27)19(16)31-21(22)33/h5,8-13H,2-4,6-7H2,1H3,(H,31,33). The van der Waals surface area contributed by atoms with E-state index in [1.807, 2.05) is 0 Å². The molecule has 1 aliphatic carbocycles. The molecule has 0 aromatic heterocycles. The number of para-hydroxylation sites is 1. The number of anilines is 1. The Morgan fingerprint density at radius 1 is 1.03 bits per heavy atom. The summed E-state index contributed by atoms with van der Waals surface area (Å²) < 4.78 is 112. The first-order valence-electron chi connectivity index (χ1n) is 11.4. The fraction of sp³-hybridized carbons (Fsp3) is 0.417. The summed E-state index contributed by atoms with van der Waals surface area (Å²) in [6.07, 6.45) is -1.75. The first-order valence-corrected chi connectivity index (χ1v) is 12.8. The van der Waals surface area contributed by atoms with E-state index < -0.39 is 67.6 Å². The molecular weight excluding hydrogens is 544 g/mol. The van der Waals surface area contributed by atoms with Crippen molar-refractivity contribution < 1.29 is 53.3 Å². The summed E-state index contributed by atoms with van der Waals surface area (Å²) in [6, 6.07) is 6.10. The maximum Gasteiger partial charge on any atom is 0.534 e. The molecule has 1 aliphatic heterocycles. The Bertz CT molecular complexity index is 1380. The number of alkyl halides is 6. The molecule has 1 atom stereocenters. The van der Waals surface area contributed by atoms with Crippen LogP contribution in [0.5, 0.6) is 5.75 Å². The number of hydrogen-bond donors (Lipinski definition) is 1. The number of rotatable bonds is 5. The summed E-state index contributed by atoms with van der Waals surface area (Å²) in [7, 11) is -5.29. The number of carbonyl (C=O) groups is 2. The Kier molecular flexibility index (Phi) is 6.91. The number of halogens is 6. The average Bonchev–Trinajstić information content (AvgIpc) is 3.15. The molecule has 2 aromatic carbocycles. The second kappa shape index (κ2) is 9.47. The lowest BCUT2D eigenvalue weighted by atomic mass is 9.61. The molecule has 2 aromatic rings. The number of methoxy groups -OCH3 is 1. The minimum absolute atomic E-state index is 0.00313. The molecule has 7 nitrogen and oxygen atoms in total. The lowest BCUT2D eigenvalue weighted by molar-refractivity contribution is -0.136. The van der Waals surface area contributed by atoms with Crippen molar-refractivity contribution in [2.75, 3.05) is 12.4 Å². The summed E-state index contributed by atoms with van der Waals surface area (Å²) in [5.74, 6) is -3.62. The van der Waals surface area contributed by atoms with Crippen molar-refractivity contribution in [3.05, 3.63) is 58.7 Å². The van der Waals surface area contributed by atoms with Gasteiger partial charge in [0.1, 0.15) is 11.0 Å². The number of esters is 1. The third-order valence-corrected chi connectivity index (χ3v) is 7.90. The highest BCUT2D eigenvalue weighted by Gasteiger charge is 2.56. The van der Waals surface area contributed by atoms with Crippen LogP contribution < -0.4 is 9.50 Å². The van der Waals surface area contributed by atoms with E-state index in [4.69, 9.17) is 0 Å². The normalized spacial score (nSPS) is 20.6. The molecule has 1 amide bonds. The highest BCUT2D eigenvalue weighted by molar-refractivity contribution is 7.88. The maximum absolute atomic E-state index is 13.8. The molecule has 0 radical (unpaired) electrons. The monoisotopic (exact) mass is 565 g/mol. The van der Waals surface area contributed by atoms with Crippen LogP contribution in [0.4, 0.5) is 32.0 Å². The van der Waals surface area contributed by atoms with Crippen LogP contribution in [0, 0.1) is 5.92 Å². The fourth-order valence-electron chi connectivity index (χ4n) is 5.33. The average molecular weight is 565 g/mol. The van der Waals surface area contributed by atoms with Crippen molar-refractivity contribution in [2.45, 2.75) is 49.2 Å². The summed E-state index contributed by atoms with van der Waals surface area (Å²) >= 11 is 0. The van der Waals surface area contributed by atoms with E-state index in [2.05, 4.69) is 14.2 Å². The van der Waals surface area contributed by atoms with Crippen molar-refractivity contribution in [1.82, 2.24) is 0 Å². The predicted molar refractivity (Wildman–Crippen MR) is 121 cm³/mol. The van der Waals surface area contributed by atoms with Gasteiger partial charge in [0.25, 0.3) is 0 Å². The van der Waals surface area contributed by atoms with Gasteiger partial charge in [0.2, 0.25) is 5.91 Å². The van der Waals surface area contributed by atoms with Crippen molar-refractivity contribution in [1.29, 1.82) is 0 Å². The molecule has 1 N–H and O–H groups in total. The zero-order valence-corrected chi connectivity index (χ0v) is 20.5. The SMILES string of the molecule is COC(=O)c1cc(C2(C3CCCCC3)C(=O)Nc3c(C(F)(F)F)cccc32)ccc1OS(=O)(=O)C(F)(F)F. The van der Waals surface area contributed by atoms with Crippen LogP contribution in [0.1, 0.15) is 59.2 Å². The van der Waals surface area contributed by atoms with Crippen molar-refractivity contribution in [3.8, 4) is 5.75 Å². The van der Waals surface area contributed by atoms with Crippen LogP contribution in [0.3, 0.4) is 0 Å². The Morgan fingerprint density at radius 3 is 2.26 bits per heavy atom. The van der Waals surface area contributed by atoms with Crippen LogP contribution in [0.2, 0.25) is 0 Å². The van der Waals surface area contributed by atoms with Gasteiger partial charge in [-0.15, -0.1) is 0 Å². The van der Waals surface area contributed by atoms with E-state index in [-0.39, 0.29) is 11.1 Å². The minimum Gasteiger partial charge on any atom is -0.465 e. The van der Waals surface area contributed by atoms with Gasteiger partial charge < -0.3 is 14.2 Å². The molecular formula is C24H21F6NO6S. The van der Waals surface area contributed by atoms with Crippen LogP contribution in [0.25, 0.3) is 0 Å². The minimum atomic E-state index is -6.18. The molecule has 1 fully saturated rings. The number of amides is 1. The summed E-state index contributed by atoms with van der Waals surface area (Å²) in [5, 5.41) is 2.34. The van der Waals surface area contributed by atoms with Gasteiger partial charge in [0, 0.05) is 0 Å². The Hall–Kier alpha value is -3.29. The molecule has 0 spiro atoms. The first-order chi connectivity index (χ1) is 17.6. The third kappa shape index (κ3) is 4.48. The zero-order valence-electron chi connectivity index (χ0n) is 19.7. The highest BCUT2D eigenvalue weighted by Crippen LogP contribution is 2.55. The van der Waals surface area contributed by atoms with Crippen molar-refractivity contribution in [3.63, 3.8) is 0 Å². The predicted octanol–water partition coefficient (Wildman–Crippen LogP) is 5.54. The first kappa shape index (κ1) is 27.7. The number of nitrogens with one attached hydrogen (secondary N) is 1. The Labute approximate surface area is 213 Å². The number of benzene rings is 2. The molecule has 38 heavy (non-hydrogen) atoms. The van der Waals surface area contributed by atoms with Gasteiger partial charge >= 0.3 is 27.8 Å². The molecule has 1 heterocycles. The number of ether oxygens (including phenoxy) is 1. The van der Waals surface area contributed by atoms with Gasteiger partial charge in [0.05, 0.1) is 18.4 Å². The molecule has 206 valence electrons. The van der Waals surface area contributed by atoms with Gasteiger partial charge in [-0.25, -0.2) is 4.79 Å². The summed E-state index contributed by atoms with van der Waals surface area (Å²) in [6.45, 7) is 0. The molecule has 1 saturated carbocycles. The van der Waals surface area contributed by atoms with E-state index >= 15 is 0 Å². The summed E-state index contributed by atoms with van der Waals surface area (Å²) in [5.41, 5.74) is -9.85. The van der Waals surface area contributed by atoms with E-state index in [0.717, 1.165) is 43.9 Å². The third-order valence-electron chi connectivity index (χ3n) is 6.93. The molecule has 0 saturated heterocycles. The van der Waals surface area contributed by atoms with Crippen molar-refractivity contribution in [2.24, 2.45) is 5.92 Å². The van der Waals surface area contributed by atoms with Crippen molar-refractivity contribution >= 4 is 27.7 Å². The van der Waals surface area contributed by atoms with Gasteiger partial charge in [0.15, 0.2) is 5.75 Å². The maximum atomic E-state index is 13.8. The largest absolute Gasteiger partial charge is 0.534 e.